The van der Waals surface area contributed by atoms with Gasteiger partial charge in [-0.2, -0.15) is 0 Å². The van der Waals surface area contributed by atoms with E-state index in [4.69, 9.17) is 16.3 Å². The Morgan fingerprint density at radius 2 is 1.85 bits per heavy atom. The zero-order valence-electron chi connectivity index (χ0n) is 9.40. The summed E-state index contributed by atoms with van der Waals surface area (Å²) in [6, 6.07) is 0. The molecule has 0 aliphatic heterocycles. The molecule has 0 amide bonds. The summed E-state index contributed by atoms with van der Waals surface area (Å²) >= 11 is 6.06. The lowest BCUT2D eigenvalue weighted by molar-refractivity contribution is 0.121. The van der Waals surface area contributed by atoms with Crippen molar-refractivity contribution in [3.63, 3.8) is 0 Å². The molecule has 80 valence electrons. The van der Waals surface area contributed by atoms with Crippen molar-refractivity contribution >= 4 is 11.6 Å². The van der Waals surface area contributed by atoms with Gasteiger partial charge in [0.1, 0.15) is 0 Å². The number of hydrogen-bond donors (Lipinski definition) is 0. The molecule has 1 atom stereocenters. The van der Waals surface area contributed by atoms with Crippen LogP contribution in [0.2, 0.25) is 0 Å². The summed E-state index contributed by atoms with van der Waals surface area (Å²) in [5, 5.41) is 0. The average Bonchev–Trinajstić information content (AvgIpc) is 2.18. The topological polar surface area (TPSA) is 9.23 Å². The second-order valence-corrected chi connectivity index (χ2v) is 4.15. The second-order valence-electron chi connectivity index (χ2n) is 3.89. The molecule has 0 radical (unpaired) electrons. The molecule has 13 heavy (non-hydrogen) atoms. The van der Waals surface area contributed by atoms with Crippen LogP contribution >= 0.6 is 11.6 Å². The van der Waals surface area contributed by atoms with Crippen molar-refractivity contribution in [1.82, 2.24) is 0 Å². The van der Waals surface area contributed by atoms with E-state index in [9.17, 15) is 0 Å². The van der Waals surface area contributed by atoms with E-state index in [2.05, 4.69) is 20.8 Å². The lowest BCUT2D eigenvalue weighted by atomic mass is 9.72. The molecule has 0 aliphatic carbocycles. The van der Waals surface area contributed by atoms with Crippen LogP contribution in [0.4, 0.5) is 0 Å². The first-order valence-corrected chi connectivity index (χ1v) is 5.75. The predicted octanol–water partition coefficient (Wildman–Crippen LogP) is 3.70. The molecule has 0 aromatic rings. The van der Waals surface area contributed by atoms with Gasteiger partial charge in [0.05, 0.1) is 0 Å². The Labute approximate surface area is 87.8 Å². The Morgan fingerprint density at radius 1 is 1.31 bits per heavy atom. The summed E-state index contributed by atoms with van der Waals surface area (Å²) in [6.45, 7) is 7.60. The summed E-state index contributed by atoms with van der Waals surface area (Å²) in [7, 11) is 1.76. The van der Waals surface area contributed by atoms with Gasteiger partial charge in [0.15, 0.2) is 0 Å². The van der Waals surface area contributed by atoms with Crippen molar-refractivity contribution in [3.05, 3.63) is 0 Å². The van der Waals surface area contributed by atoms with E-state index in [-0.39, 0.29) is 0 Å². The Morgan fingerprint density at radius 3 is 2.15 bits per heavy atom. The van der Waals surface area contributed by atoms with Gasteiger partial charge in [-0.25, -0.2) is 0 Å². The molecule has 1 unspecified atom stereocenters. The molecule has 0 aromatic heterocycles. The third-order valence-corrected chi connectivity index (χ3v) is 4.01. The first-order valence-electron chi connectivity index (χ1n) is 5.21. The average molecular weight is 207 g/mol. The summed E-state index contributed by atoms with van der Waals surface area (Å²) in [6.07, 6.45) is 3.45. The van der Waals surface area contributed by atoms with Crippen molar-refractivity contribution < 1.29 is 4.74 Å². The number of alkyl halides is 1. The molecule has 0 saturated heterocycles. The summed E-state index contributed by atoms with van der Waals surface area (Å²) in [5.74, 6) is 1.42. The number of hydrogen-bond acceptors (Lipinski definition) is 1. The minimum absolute atomic E-state index is 0.320. The standard InChI is InChI=1S/C11H23ClO/c1-5-11(6-2,9-12)10(3)7-8-13-4/h10H,5-9H2,1-4H3. The van der Waals surface area contributed by atoms with E-state index in [1.165, 1.54) is 0 Å². The predicted molar refractivity (Wildman–Crippen MR) is 59.4 cm³/mol. The first kappa shape index (κ1) is 13.2. The van der Waals surface area contributed by atoms with E-state index in [0.29, 0.717) is 11.3 Å². The van der Waals surface area contributed by atoms with Crippen LogP contribution in [0.1, 0.15) is 40.0 Å². The van der Waals surface area contributed by atoms with Gasteiger partial charge in [0, 0.05) is 19.6 Å². The SMILES string of the molecule is CCC(CC)(CCl)C(C)CCOC. The van der Waals surface area contributed by atoms with Gasteiger partial charge < -0.3 is 4.74 Å². The fourth-order valence-electron chi connectivity index (χ4n) is 1.87. The summed E-state index contributed by atoms with van der Waals surface area (Å²) < 4.78 is 5.10. The molecule has 0 rings (SSSR count). The van der Waals surface area contributed by atoms with Crippen molar-refractivity contribution in [2.45, 2.75) is 40.0 Å². The van der Waals surface area contributed by atoms with E-state index in [0.717, 1.165) is 31.7 Å². The van der Waals surface area contributed by atoms with E-state index < -0.39 is 0 Å². The Hall–Kier alpha value is 0.250. The fraction of sp³-hybridized carbons (Fsp3) is 1.00. The molecule has 0 bridgehead atoms. The first-order chi connectivity index (χ1) is 6.16. The summed E-state index contributed by atoms with van der Waals surface area (Å²) in [4.78, 5) is 0. The summed E-state index contributed by atoms with van der Waals surface area (Å²) in [5.41, 5.74) is 0.320. The van der Waals surface area contributed by atoms with Crippen molar-refractivity contribution in [2.75, 3.05) is 19.6 Å². The zero-order valence-corrected chi connectivity index (χ0v) is 10.2. The minimum atomic E-state index is 0.320. The largest absolute Gasteiger partial charge is 0.385 e. The maximum atomic E-state index is 6.06. The van der Waals surface area contributed by atoms with Gasteiger partial charge in [-0.3, -0.25) is 0 Å². The van der Waals surface area contributed by atoms with Crippen LogP contribution in [0.5, 0.6) is 0 Å². The van der Waals surface area contributed by atoms with Crippen LogP contribution in [0.25, 0.3) is 0 Å². The maximum Gasteiger partial charge on any atom is 0.0465 e. The van der Waals surface area contributed by atoms with Gasteiger partial charge in [-0.1, -0.05) is 20.8 Å². The molecule has 0 heterocycles. The third-order valence-electron chi connectivity index (χ3n) is 3.47. The highest BCUT2D eigenvalue weighted by Crippen LogP contribution is 2.38. The van der Waals surface area contributed by atoms with Crippen LogP contribution < -0.4 is 0 Å². The minimum Gasteiger partial charge on any atom is -0.385 e. The van der Waals surface area contributed by atoms with Crippen molar-refractivity contribution in [3.8, 4) is 0 Å². The zero-order chi connectivity index (χ0) is 10.3. The monoisotopic (exact) mass is 206 g/mol. The second kappa shape index (κ2) is 6.67. The molecule has 0 N–H and O–H groups in total. The molecule has 0 aliphatic rings. The molecule has 0 fully saturated rings. The lowest BCUT2D eigenvalue weighted by Gasteiger charge is -2.36. The third kappa shape index (κ3) is 3.47. The molecule has 0 saturated carbocycles. The van der Waals surface area contributed by atoms with Crippen molar-refractivity contribution in [1.29, 1.82) is 0 Å². The van der Waals surface area contributed by atoms with Gasteiger partial charge in [-0.05, 0) is 30.6 Å². The Kier molecular flexibility index (Phi) is 6.79. The molecule has 1 nitrogen and oxygen atoms in total. The maximum absolute atomic E-state index is 6.06. The quantitative estimate of drug-likeness (QED) is 0.578. The molecule has 0 aromatic carbocycles. The highest BCUT2D eigenvalue weighted by Gasteiger charge is 2.31. The fourth-order valence-corrected chi connectivity index (χ4v) is 2.51. The number of methoxy groups -OCH3 is 1. The van der Waals surface area contributed by atoms with Crippen LogP contribution in [-0.4, -0.2) is 19.6 Å². The highest BCUT2D eigenvalue weighted by atomic mass is 35.5. The van der Waals surface area contributed by atoms with Crippen LogP contribution in [0.3, 0.4) is 0 Å². The molecule has 2 heteroatoms. The van der Waals surface area contributed by atoms with Gasteiger partial charge in [0.2, 0.25) is 0 Å². The molecular formula is C11H23ClO. The Balaban J connectivity index is 4.17. The number of rotatable bonds is 7. The van der Waals surface area contributed by atoms with Gasteiger partial charge >= 0.3 is 0 Å². The van der Waals surface area contributed by atoms with E-state index in [1.54, 1.807) is 7.11 Å². The van der Waals surface area contributed by atoms with Crippen LogP contribution in [0, 0.1) is 11.3 Å². The van der Waals surface area contributed by atoms with Gasteiger partial charge in [-0.15, -0.1) is 11.6 Å². The smallest absolute Gasteiger partial charge is 0.0465 e. The lowest BCUT2D eigenvalue weighted by Crippen LogP contribution is -2.30. The van der Waals surface area contributed by atoms with Crippen LogP contribution in [0.15, 0.2) is 0 Å². The number of halogens is 1. The molecular weight excluding hydrogens is 184 g/mol. The van der Waals surface area contributed by atoms with Crippen molar-refractivity contribution in [2.24, 2.45) is 11.3 Å². The highest BCUT2D eigenvalue weighted by molar-refractivity contribution is 6.18. The molecule has 0 spiro atoms. The number of ether oxygens (including phenoxy) is 1. The Bertz CT molecular complexity index is 113. The normalized spacial score (nSPS) is 14.5. The van der Waals surface area contributed by atoms with Crippen LogP contribution in [-0.2, 0) is 4.74 Å². The van der Waals surface area contributed by atoms with E-state index in [1.807, 2.05) is 0 Å². The van der Waals surface area contributed by atoms with E-state index >= 15 is 0 Å². The van der Waals surface area contributed by atoms with Gasteiger partial charge in [0.25, 0.3) is 0 Å².